The first-order valence-corrected chi connectivity index (χ1v) is 8.07. The monoisotopic (exact) mass is 303 g/mol. The number of anilines is 1. The predicted molar refractivity (Wildman–Crippen MR) is 86.9 cm³/mol. The summed E-state index contributed by atoms with van der Waals surface area (Å²) in [5, 5.41) is 2.95. The largest absolute Gasteiger partial charge is 0.497 e. The second-order valence-electron chi connectivity index (χ2n) is 6.49. The van der Waals surface area contributed by atoms with Gasteiger partial charge in [-0.1, -0.05) is 6.42 Å². The molecule has 22 heavy (non-hydrogen) atoms. The molecule has 120 valence electrons. The van der Waals surface area contributed by atoms with Gasteiger partial charge in [-0.15, -0.1) is 0 Å². The fourth-order valence-electron chi connectivity index (χ4n) is 3.82. The molecule has 1 aliphatic heterocycles. The van der Waals surface area contributed by atoms with Crippen LogP contribution in [-0.4, -0.2) is 43.6 Å². The Hall–Kier alpha value is -1.59. The van der Waals surface area contributed by atoms with Crippen molar-refractivity contribution >= 4 is 11.6 Å². The Morgan fingerprint density at radius 1 is 1.32 bits per heavy atom. The highest BCUT2D eigenvalue weighted by Crippen LogP contribution is 2.35. The van der Waals surface area contributed by atoms with Gasteiger partial charge in [-0.3, -0.25) is 9.69 Å². The topological polar surface area (TPSA) is 67.6 Å². The van der Waals surface area contributed by atoms with E-state index in [0.29, 0.717) is 24.4 Å². The summed E-state index contributed by atoms with van der Waals surface area (Å²) >= 11 is 0. The lowest BCUT2D eigenvalue weighted by atomic mass is 9.78. The van der Waals surface area contributed by atoms with E-state index in [4.69, 9.17) is 10.5 Å². The minimum atomic E-state index is 0.0392. The number of benzene rings is 1. The summed E-state index contributed by atoms with van der Waals surface area (Å²) < 4.78 is 5.11. The molecule has 2 aliphatic rings. The number of amides is 1. The van der Waals surface area contributed by atoms with Crippen LogP contribution in [0.3, 0.4) is 0 Å². The van der Waals surface area contributed by atoms with Gasteiger partial charge < -0.3 is 15.8 Å². The van der Waals surface area contributed by atoms with Gasteiger partial charge in [0.05, 0.1) is 13.7 Å². The Bertz CT molecular complexity index is 517. The summed E-state index contributed by atoms with van der Waals surface area (Å²) in [5.74, 6) is 2.08. The van der Waals surface area contributed by atoms with E-state index in [9.17, 15) is 4.79 Å². The maximum atomic E-state index is 12.2. The second kappa shape index (κ2) is 6.67. The molecule has 3 N–H and O–H groups in total. The van der Waals surface area contributed by atoms with Gasteiger partial charge in [0.15, 0.2) is 0 Å². The Morgan fingerprint density at radius 3 is 2.77 bits per heavy atom. The third-order valence-electron chi connectivity index (χ3n) is 4.97. The van der Waals surface area contributed by atoms with Crippen molar-refractivity contribution in [2.45, 2.75) is 25.3 Å². The molecular weight excluding hydrogens is 278 g/mol. The first-order chi connectivity index (χ1) is 10.7. The number of hydrogen-bond acceptors (Lipinski definition) is 4. The van der Waals surface area contributed by atoms with Crippen molar-refractivity contribution in [3.8, 4) is 5.75 Å². The zero-order valence-electron chi connectivity index (χ0n) is 13.1. The Kier molecular flexibility index (Phi) is 4.64. The molecule has 1 heterocycles. The molecule has 3 atom stereocenters. The number of methoxy groups -OCH3 is 1. The van der Waals surface area contributed by atoms with Gasteiger partial charge in [0, 0.05) is 24.8 Å². The highest BCUT2D eigenvalue weighted by Gasteiger charge is 2.38. The van der Waals surface area contributed by atoms with Gasteiger partial charge in [-0.05, 0) is 48.9 Å². The van der Waals surface area contributed by atoms with Crippen molar-refractivity contribution in [1.82, 2.24) is 4.90 Å². The first kappa shape index (κ1) is 15.3. The maximum absolute atomic E-state index is 12.2. The van der Waals surface area contributed by atoms with Crippen LogP contribution in [0.1, 0.15) is 19.3 Å². The third kappa shape index (κ3) is 3.42. The molecule has 5 nitrogen and oxygen atoms in total. The minimum absolute atomic E-state index is 0.0392. The number of likely N-dealkylation sites (tertiary alicyclic amines) is 1. The first-order valence-electron chi connectivity index (χ1n) is 8.07. The van der Waals surface area contributed by atoms with E-state index in [1.165, 1.54) is 12.8 Å². The molecular formula is C17H25N3O2. The summed E-state index contributed by atoms with van der Waals surface area (Å²) in [6, 6.07) is 7.72. The SMILES string of the molecule is COc1ccc(NC(=O)CN2CC3CCCC(N)C3C2)cc1. The normalized spacial score (nSPS) is 28.2. The number of nitrogens with zero attached hydrogens (tertiary/aromatic N) is 1. The maximum Gasteiger partial charge on any atom is 0.238 e. The third-order valence-corrected chi connectivity index (χ3v) is 4.97. The van der Waals surface area contributed by atoms with Crippen LogP contribution in [0.15, 0.2) is 24.3 Å². The van der Waals surface area contributed by atoms with E-state index in [1.54, 1.807) is 7.11 Å². The average Bonchev–Trinajstić information content (AvgIpc) is 2.92. The zero-order chi connectivity index (χ0) is 15.5. The fourth-order valence-corrected chi connectivity index (χ4v) is 3.82. The molecule has 1 aromatic rings. The summed E-state index contributed by atoms with van der Waals surface area (Å²) in [5.41, 5.74) is 7.03. The summed E-state index contributed by atoms with van der Waals surface area (Å²) in [6.45, 7) is 2.42. The Balaban J connectivity index is 1.51. The van der Waals surface area contributed by atoms with E-state index >= 15 is 0 Å². The van der Waals surface area contributed by atoms with Crippen molar-refractivity contribution in [1.29, 1.82) is 0 Å². The second-order valence-corrected chi connectivity index (χ2v) is 6.49. The van der Waals surface area contributed by atoms with Crippen LogP contribution in [0.5, 0.6) is 5.75 Å². The lowest BCUT2D eigenvalue weighted by Gasteiger charge is -2.29. The molecule has 1 saturated carbocycles. The van der Waals surface area contributed by atoms with Crippen molar-refractivity contribution in [2.75, 3.05) is 32.1 Å². The molecule has 0 bridgehead atoms. The molecule has 0 spiro atoms. The number of rotatable bonds is 4. The van der Waals surface area contributed by atoms with Crippen molar-refractivity contribution in [2.24, 2.45) is 17.6 Å². The zero-order valence-corrected chi connectivity index (χ0v) is 13.1. The molecule has 1 saturated heterocycles. The molecule has 0 aromatic heterocycles. The standard InChI is InChI=1S/C17H25N3O2/c1-22-14-7-5-13(6-8-14)19-17(21)11-20-9-12-3-2-4-16(18)15(12)10-20/h5-8,12,15-16H,2-4,9-11,18H2,1H3,(H,19,21). The number of carbonyl (C=O) groups is 1. The van der Waals surface area contributed by atoms with E-state index in [0.717, 1.165) is 30.9 Å². The predicted octanol–water partition coefficient (Wildman–Crippen LogP) is 1.69. The highest BCUT2D eigenvalue weighted by molar-refractivity contribution is 5.92. The highest BCUT2D eigenvalue weighted by atomic mass is 16.5. The molecule has 0 radical (unpaired) electrons. The summed E-state index contributed by atoms with van der Waals surface area (Å²) in [4.78, 5) is 14.4. The summed E-state index contributed by atoms with van der Waals surface area (Å²) in [6.07, 6.45) is 3.62. The molecule has 2 fully saturated rings. The lowest BCUT2D eigenvalue weighted by Crippen LogP contribution is -2.38. The number of nitrogens with two attached hydrogens (primary N) is 1. The molecule has 5 heteroatoms. The van der Waals surface area contributed by atoms with E-state index in [2.05, 4.69) is 10.2 Å². The number of carbonyl (C=O) groups excluding carboxylic acids is 1. The van der Waals surface area contributed by atoms with E-state index in [1.807, 2.05) is 24.3 Å². The quantitative estimate of drug-likeness (QED) is 0.888. The molecule has 1 aromatic carbocycles. The average molecular weight is 303 g/mol. The number of hydrogen-bond donors (Lipinski definition) is 2. The van der Waals surface area contributed by atoms with Gasteiger partial charge in [0.25, 0.3) is 0 Å². The number of fused-ring (bicyclic) bond motifs is 1. The Morgan fingerprint density at radius 2 is 2.09 bits per heavy atom. The number of ether oxygens (including phenoxy) is 1. The van der Waals surface area contributed by atoms with Crippen LogP contribution in [0.2, 0.25) is 0 Å². The number of nitrogens with one attached hydrogen (secondary N) is 1. The van der Waals surface area contributed by atoms with E-state index < -0.39 is 0 Å². The molecule has 1 aliphatic carbocycles. The van der Waals surface area contributed by atoms with Crippen LogP contribution in [0.4, 0.5) is 5.69 Å². The summed E-state index contributed by atoms with van der Waals surface area (Å²) in [7, 11) is 1.63. The van der Waals surface area contributed by atoms with Crippen LogP contribution in [0.25, 0.3) is 0 Å². The van der Waals surface area contributed by atoms with Gasteiger partial charge in [0.2, 0.25) is 5.91 Å². The van der Waals surface area contributed by atoms with Crippen LogP contribution in [-0.2, 0) is 4.79 Å². The van der Waals surface area contributed by atoms with Crippen molar-refractivity contribution < 1.29 is 9.53 Å². The van der Waals surface area contributed by atoms with Crippen molar-refractivity contribution in [3.63, 3.8) is 0 Å². The molecule has 3 unspecified atom stereocenters. The smallest absolute Gasteiger partial charge is 0.238 e. The van der Waals surface area contributed by atoms with Gasteiger partial charge in [0.1, 0.15) is 5.75 Å². The van der Waals surface area contributed by atoms with Crippen LogP contribution < -0.4 is 15.8 Å². The van der Waals surface area contributed by atoms with Crippen LogP contribution in [0, 0.1) is 11.8 Å². The van der Waals surface area contributed by atoms with Gasteiger partial charge in [-0.25, -0.2) is 0 Å². The van der Waals surface area contributed by atoms with E-state index in [-0.39, 0.29) is 5.91 Å². The molecule has 1 amide bonds. The molecule has 3 rings (SSSR count). The van der Waals surface area contributed by atoms with Crippen LogP contribution >= 0.6 is 0 Å². The van der Waals surface area contributed by atoms with Crippen molar-refractivity contribution in [3.05, 3.63) is 24.3 Å². The fraction of sp³-hybridized carbons (Fsp3) is 0.588. The van der Waals surface area contributed by atoms with Gasteiger partial charge in [-0.2, -0.15) is 0 Å². The minimum Gasteiger partial charge on any atom is -0.497 e. The lowest BCUT2D eigenvalue weighted by molar-refractivity contribution is -0.117. The van der Waals surface area contributed by atoms with Gasteiger partial charge >= 0.3 is 0 Å². The Labute approximate surface area is 131 Å².